The van der Waals surface area contributed by atoms with Crippen molar-refractivity contribution in [1.29, 1.82) is 0 Å². The predicted octanol–water partition coefficient (Wildman–Crippen LogP) is 0.938. The van der Waals surface area contributed by atoms with Gasteiger partial charge in [-0.1, -0.05) is 12.1 Å². The molecule has 6 heteroatoms. The minimum Gasteiger partial charge on any atom is -0.295 e. The van der Waals surface area contributed by atoms with Gasteiger partial charge in [-0.05, 0) is 6.07 Å². The molecule has 1 aromatic carbocycles. The fourth-order valence-corrected chi connectivity index (χ4v) is 1.56. The lowest BCUT2D eigenvalue weighted by Crippen LogP contribution is -2.00. The molecule has 3 aromatic rings. The minimum atomic E-state index is -0.455. The van der Waals surface area contributed by atoms with Gasteiger partial charge in [-0.3, -0.25) is 15.0 Å². The van der Waals surface area contributed by atoms with Crippen LogP contribution in [0.4, 0.5) is 4.39 Å². The maximum Gasteiger partial charge on any atom is 0.292 e. The van der Waals surface area contributed by atoms with Crippen molar-refractivity contribution >= 4 is 21.9 Å². The van der Waals surface area contributed by atoms with Crippen LogP contribution in [0.25, 0.3) is 21.9 Å². The first-order valence-electron chi connectivity index (χ1n) is 4.28. The van der Waals surface area contributed by atoms with Gasteiger partial charge in [-0.2, -0.15) is 0 Å². The van der Waals surface area contributed by atoms with Gasteiger partial charge in [0, 0.05) is 5.39 Å². The molecule has 15 heavy (non-hydrogen) atoms. The first-order valence-corrected chi connectivity index (χ1v) is 4.28. The van der Waals surface area contributed by atoms with E-state index in [1.807, 2.05) is 0 Å². The molecule has 0 saturated carbocycles. The van der Waals surface area contributed by atoms with Crippen molar-refractivity contribution < 1.29 is 4.39 Å². The van der Waals surface area contributed by atoms with Gasteiger partial charge in [0.05, 0.1) is 5.52 Å². The number of hydrogen-bond donors (Lipinski definition) is 2. The lowest BCUT2D eigenvalue weighted by molar-refractivity contribution is 0.635. The summed E-state index contributed by atoms with van der Waals surface area (Å²) in [5.74, 6) is -0.455. The van der Waals surface area contributed by atoms with Crippen LogP contribution in [0, 0.1) is 5.82 Å². The summed E-state index contributed by atoms with van der Waals surface area (Å²) in [6.45, 7) is 0. The third kappa shape index (κ3) is 0.983. The fourth-order valence-electron chi connectivity index (χ4n) is 1.56. The molecule has 3 rings (SSSR count). The van der Waals surface area contributed by atoms with E-state index in [0.717, 1.165) is 0 Å². The predicted molar refractivity (Wildman–Crippen MR) is 52.0 cm³/mol. The van der Waals surface area contributed by atoms with Crippen LogP contribution in [0.1, 0.15) is 0 Å². The van der Waals surface area contributed by atoms with Gasteiger partial charge in [0.25, 0.3) is 5.56 Å². The number of benzene rings is 1. The van der Waals surface area contributed by atoms with Crippen LogP contribution in [0.5, 0.6) is 0 Å². The zero-order valence-corrected chi connectivity index (χ0v) is 7.41. The monoisotopic (exact) mass is 204 g/mol. The molecule has 74 valence electrons. The van der Waals surface area contributed by atoms with Gasteiger partial charge in [0.2, 0.25) is 0 Å². The van der Waals surface area contributed by atoms with Gasteiger partial charge >= 0.3 is 0 Å². The van der Waals surface area contributed by atoms with E-state index in [1.165, 1.54) is 6.07 Å². The van der Waals surface area contributed by atoms with Gasteiger partial charge in [-0.15, -0.1) is 10.2 Å². The molecule has 2 N–H and O–H groups in total. The maximum atomic E-state index is 13.3. The van der Waals surface area contributed by atoms with Crippen molar-refractivity contribution in [3.8, 4) is 0 Å². The van der Waals surface area contributed by atoms with E-state index in [4.69, 9.17) is 0 Å². The molecule has 0 spiro atoms. The summed E-state index contributed by atoms with van der Waals surface area (Å²) < 4.78 is 13.3. The molecule has 2 heterocycles. The van der Waals surface area contributed by atoms with Crippen molar-refractivity contribution in [2.24, 2.45) is 0 Å². The molecular formula is C9H5FN4O. The van der Waals surface area contributed by atoms with Crippen molar-refractivity contribution in [1.82, 2.24) is 20.4 Å². The molecule has 0 atom stereocenters. The first kappa shape index (κ1) is 8.10. The summed E-state index contributed by atoms with van der Waals surface area (Å²) in [4.78, 5) is 11.2. The zero-order valence-electron chi connectivity index (χ0n) is 7.41. The Labute approximate surface area is 81.9 Å². The highest BCUT2D eigenvalue weighted by molar-refractivity contribution is 6.00. The molecule has 0 saturated heterocycles. The molecule has 0 aliphatic carbocycles. The molecule has 0 bridgehead atoms. The van der Waals surface area contributed by atoms with Crippen LogP contribution in [-0.2, 0) is 0 Å². The highest BCUT2D eigenvalue weighted by Crippen LogP contribution is 2.19. The molecule has 0 unspecified atom stereocenters. The van der Waals surface area contributed by atoms with E-state index < -0.39 is 5.82 Å². The number of fused-ring (bicyclic) bond motifs is 3. The van der Waals surface area contributed by atoms with Gasteiger partial charge in [-0.25, -0.2) is 4.39 Å². The molecule has 0 aliphatic heterocycles. The van der Waals surface area contributed by atoms with Gasteiger partial charge in [0.15, 0.2) is 11.3 Å². The molecule has 5 nitrogen and oxygen atoms in total. The summed E-state index contributed by atoms with van der Waals surface area (Å²) in [5, 5.41) is 12.9. The lowest BCUT2D eigenvalue weighted by Gasteiger charge is -1.96. The van der Waals surface area contributed by atoms with E-state index in [0.29, 0.717) is 10.9 Å². The number of rotatable bonds is 0. The molecule has 0 fully saturated rings. The second kappa shape index (κ2) is 2.63. The minimum absolute atomic E-state index is 0.153. The Morgan fingerprint density at radius 1 is 1.13 bits per heavy atom. The standard InChI is InChI=1S/C9H5FN4O/c10-5-3-1-2-4-6(5)11-13-8-7(4)12-14-9(8)15/h1-3H,(H2,12,14,15). The lowest BCUT2D eigenvalue weighted by atomic mass is 10.2. The molecule has 0 aliphatic rings. The normalized spacial score (nSPS) is 11.3. The Kier molecular flexibility index (Phi) is 1.42. The summed E-state index contributed by atoms with van der Waals surface area (Å²) in [6.07, 6.45) is 0. The third-order valence-corrected chi connectivity index (χ3v) is 2.26. The highest BCUT2D eigenvalue weighted by atomic mass is 19.1. The van der Waals surface area contributed by atoms with E-state index in [-0.39, 0.29) is 16.6 Å². The number of hydrogen-bond acceptors (Lipinski definition) is 3. The smallest absolute Gasteiger partial charge is 0.292 e. The van der Waals surface area contributed by atoms with E-state index in [9.17, 15) is 9.18 Å². The largest absolute Gasteiger partial charge is 0.295 e. The van der Waals surface area contributed by atoms with Crippen molar-refractivity contribution in [2.75, 3.05) is 0 Å². The van der Waals surface area contributed by atoms with Crippen molar-refractivity contribution in [3.63, 3.8) is 0 Å². The molecule has 0 radical (unpaired) electrons. The second-order valence-electron chi connectivity index (χ2n) is 3.14. The summed E-state index contributed by atoms with van der Waals surface area (Å²) in [5.41, 5.74) is 0.460. The topological polar surface area (TPSA) is 74.4 Å². The summed E-state index contributed by atoms with van der Waals surface area (Å²) >= 11 is 0. The number of nitrogens with zero attached hydrogens (tertiary/aromatic N) is 2. The Hall–Kier alpha value is -2.24. The van der Waals surface area contributed by atoms with Crippen LogP contribution >= 0.6 is 0 Å². The van der Waals surface area contributed by atoms with Crippen molar-refractivity contribution in [2.45, 2.75) is 0 Å². The number of nitrogens with one attached hydrogen (secondary N) is 2. The second-order valence-corrected chi connectivity index (χ2v) is 3.14. The fraction of sp³-hybridized carbons (Fsp3) is 0. The summed E-state index contributed by atoms with van der Waals surface area (Å²) in [6, 6.07) is 4.54. The maximum absolute atomic E-state index is 13.3. The number of H-pyrrole nitrogens is 2. The molecule has 0 amide bonds. The number of aromatic nitrogens is 4. The Balaban J connectivity index is 2.66. The quantitative estimate of drug-likeness (QED) is 0.572. The Morgan fingerprint density at radius 3 is 2.80 bits per heavy atom. The Bertz CT molecular complexity index is 715. The van der Waals surface area contributed by atoms with E-state index in [1.54, 1.807) is 12.1 Å². The number of halogens is 1. The van der Waals surface area contributed by atoms with Gasteiger partial charge in [0.1, 0.15) is 5.52 Å². The number of aromatic amines is 2. The molecule has 2 aromatic heterocycles. The van der Waals surface area contributed by atoms with Crippen molar-refractivity contribution in [3.05, 3.63) is 34.4 Å². The van der Waals surface area contributed by atoms with Crippen LogP contribution in [0.2, 0.25) is 0 Å². The van der Waals surface area contributed by atoms with Crippen LogP contribution in [0.3, 0.4) is 0 Å². The average molecular weight is 204 g/mol. The van der Waals surface area contributed by atoms with Crippen LogP contribution in [0.15, 0.2) is 23.0 Å². The SMILES string of the molecule is O=c1[nH][nH]c2c1nnc1c(F)cccc12. The average Bonchev–Trinajstić information content (AvgIpc) is 2.61. The molecular weight excluding hydrogens is 199 g/mol. The van der Waals surface area contributed by atoms with Crippen LogP contribution < -0.4 is 5.56 Å². The Morgan fingerprint density at radius 2 is 1.93 bits per heavy atom. The van der Waals surface area contributed by atoms with Gasteiger partial charge < -0.3 is 0 Å². The van der Waals surface area contributed by atoms with Crippen LogP contribution in [-0.4, -0.2) is 20.4 Å². The first-order chi connectivity index (χ1) is 7.27. The highest BCUT2D eigenvalue weighted by Gasteiger charge is 2.10. The summed E-state index contributed by atoms with van der Waals surface area (Å²) in [7, 11) is 0. The van der Waals surface area contributed by atoms with E-state index in [2.05, 4.69) is 20.4 Å². The van der Waals surface area contributed by atoms with E-state index >= 15 is 0 Å². The zero-order chi connectivity index (χ0) is 10.4. The third-order valence-electron chi connectivity index (χ3n) is 2.26.